The van der Waals surface area contributed by atoms with E-state index in [1.807, 2.05) is 24.3 Å². The molecule has 1 N–H and O–H groups in total. The Morgan fingerprint density at radius 2 is 1.74 bits per heavy atom. The quantitative estimate of drug-likeness (QED) is 0.350. The van der Waals surface area contributed by atoms with Gasteiger partial charge in [0.25, 0.3) is 5.69 Å². The summed E-state index contributed by atoms with van der Waals surface area (Å²) in [6, 6.07) is 13.5. The Bertz CT molecular complexity index is 843. The Kier molecular flexibility index (Phi) is 6.10. The second-order valence-electron chi connectivity index (χ2n) is 5.86. The number of nitrogens with zero attached hydrogens (tertiary/aromatic N) is 2. The zero-order valence-corrected chi connectivity index (χ0v) is 15.2. The number of carboxylic acid groups (broad SMARTS) is 1. The van der Waals surface area contributed by atoms with Crippen molar-refractivity contribution in [3.63, 3.8) is 0 Å². The number of thioether (sulfide) groups is 1. The standard InChI is InChI=1S/C19H18N2O5S/c22-19(23)18(27-17-7-5-16(6-8-17)21(24)25)13-14-1-3-15(4-2-14)20-9-11-26-12-10-20/h1-8,13H,9-12H2,(H,22,23)/b18-13+. The van der Waals surface area contributed by atoms with Gasteiger partial charge in [-0.2, -0.15) is 0 Å². The van der Waals surface area contributed by atoms with Crippen LogP contribution in [-0.4, -0.2) is 42.3 Å². The van der Waals surface area contributed by atoms with Crippen LogP contribution in [0.15, 0.2) is 58.3 Å². The van der Waals surface area contributed by atoms with Crippen molar-refractivity contribution in [3.05, 3.63) is 69.1 Å². The summed E-state index contributed by atoms with van der Waals surface area (Å²) in [6.45, 7) is 3.09. The number of carboxylic acids is 1. The molecule has 1 saturated heterocycles. The average Bonchev–Trinajstić information content (AvgIpc) is 2.69. The maximum absolute atomic E-state index is 11.6. The fourth-order valence-electron chi connectivity index (χ4n) is 2.65. The van der Waals surface area contributed by atoms with Crippen molar-refractivity contribution in [2.75, 3.05) is 31.2 Å². The minimum absolute atomic E-state index is 0.0288. The van der Waals surface area contributed by atoms with Gasteiger partial charge >= 0.3 is 5.97 Å². The molecule has 27 heavy (non-hydrogen) atoms. The first-order chi connectivity index (χ1) is 13.0. The number of carbonyl (C=O) groups is 1. The lowest BCUT2D eigenvalue weighted by atomic mass is 10.1. The number of ether oxygens (including phenoxy) is 1. The number of benzene rings is 2. The van der Waals surface area contributed by atoms with E-state index < -0.39 is 10.9 Å². The number of nitro groups is 1. The van der Waals surface area contributed by atoms with Crippen LogP contribution in [0.4, 0.5) is 11.4 Å². The highest BCUT2D eigenvalue weighted by Crippen LogP contribution is 2.30. The van der Waals surface area contributed by atoms with Gasteiger partial charge in [-0.3, -0.25) is 10.1 Å². The number of morpholine rings is 1. The van der Waals surface area contributed by atoms with Gasteiger partial charge in [0.15, 0.2) is 0 Å². The summed E-state index contributed by atoms with van der Waals surface area (Å²) in [5, 5.41) is 20.2. The lowest BCUT2D eigenvalue weighted by molar-refractivity contribution is -0.384. The second kappa shape index (κ2) is 8.70. The van der Waals surface area contributed by atoms with Crippen LogP contribution >= 0.6 is 11.8 Å². The summed E-state index contributed by atoms with van der Waals surface area (Å²) in [6.07, 6.45) is 1.59. The van der Waals surface area contributed by atoms with Crippen LogP contribution in [0.25, 0.3) is 6.08 Å². The van der Waals surface area contributed by atoms with E-state index >= 15 is 0 Å². The molecule has 7 nitrogen and oxygen atoms in total. The molecule has 0 aliphatic carbocycles. The van der Waals surface area contributed by atoms with Gasteiger partial charge in [-0.05, 0) is 35.9 Å². The van der Waals surface area contributed by atoms with Crippen LogP contribution in [0.1, 0.15) is 5.56 Å². The summed E-state index contributed by atoms with van der Waals surface area (Å²) < 4.78 is 5.34. The average molecular weight is 386 g/mol. The van der Waals surface area contributed by atoms with E-state index in [0.717, 1.165) is 36.1 Å². The van der Waals surface area contributed by atoms with Crippen molar-refractivity contribution in [1.82, 2.24) is 0 Å². The van der Waals surface area contributed by atoms with Crippen LogP contribution in [0, 0.1) is 10.1 Å². The Morgan fingerprint density at radius 1 is 1.11 bits per heavy atom. The fourth-order valence-corrected chi connectivity index (χ4v) is 3.46. The van der Waals surface area contributed by atoms with Crippen LogP contribution in [0.2, 0.25) is 0 Å². The van der Waals surface area contributed by atoms with Crippen molar-refractivity contribution in [2.45, 2.75) is 4.90 Å². The van der Waals surface area contributed by atoms with Gasteiger partial charge in [-0.25, -0.2) is 4.79 Å². The van der Waals surface area contributed by atoms with Crippen molar-refractivity contribution in [1.29, 1.82) is 0 Å². The highest BCUT2D eigenvalue weighted by atomic mass is 32.2. The third kappa shape index (κ3) is 5.08. The predicted octanol–water partition coefficient (Wildman–Crippen LogP) is 3.65. The van der Waals surface area contributed by atoms with Crippen molar-refractivity contribution in [2.24, 2.45) is 0 Å². The van der Waals surface area contributed by atoms with Gasteiger partial charge in [0.2, 0.25) is 0 Å². The summed E-state index contributed by atoms with van der Waals surface area (Å²) in [7, 11) is 0. The van der Waals surface area contributed by atoms with E-state index in [1.165, 1.54) is 12.1 Å². The SMILES string of the molecule is O=C(O)/C(=C\c1ccc(N2CCOCC2)cc1)Sc1ccc([N+](=O)[O-])cc1. The first-order valence-electron chi connectivity index (χ1n) is 8.33. The zero-order chi connectivity index (χ0) is 19.2. The third-order valence-corrected chi connectivity index (χ3v) is 5.07. The van der Waals surface area contributed by atoms with E-state index in [0.29, 0.717) is 18.1 Å². The molecular weight excluding hydrogens is 368 g/mol. The van der Waals surface area contributed by atoms with E-state index in [1.54, 1.807) is 18.2 Å². The molecule has 8 heteroatoms. The molecule has 0 spiro atoms. The number of hydrogen-bond donors (Lipinski definition) is 1. The second-order valence-corrected chi connectivity index (χ2v) is 6.97. The molecule has 1 heterocycles. The molecule has 0 radical (unpaired) electrons. The zero-order valence-electron chi connectivity index (χ0n) is 14.4. The lowest BCUT2D eigenvalue weighted by Gasteiger charge is -2.28. The monoisotopic (exact) mass is 386 g/mol. The van der Waals surface area contributed by atoms with Crippen LogP contribution in [-0.2, 0) is 9.53 Å². The lowest BCUT2D eigenvalue weighted by Crippen LogP contribution is -2.36. The minimum atomic E-state index is -1.05. The molecule has 1 aliphatic rings. The van der Waals surface area contributed by atoms with Crippen LogP contribution < -0.4 is 4.90 Å². The van der Waals surface area contributed by atoms with Gasteiger partial charge in [0, 0.05) is 35.8 Å². The Morgan fingerprint density at radius 3 is 2.30 bits per heavy atom. The molecule has 0 aromatic heterocycles. The minimum Gasteiger partial charge on any atom is -0.477 e. The van der Waals surface area contributed by atoms with Crippen molar-refractivity contribution < 1.29 is 19.6 Å². The maximum Gasteiger partial charge on any atom is 0.342 e. The molecule has 0 atom stereocenters. The molecule has 2 aromatic carbocycles. The number of non-ortho nitro benzene ring substituents is 1. The molecule has 0 bridgehead atoms. The molecule has 0 saturated carbocycles. The molecular formula is C19H18N2O5S. The highest BCUT2D eigenvalue weighted by Gasteiger charge is 2.13. The first kappa shape index (κ1) is 18.9. The third-order valence-electron chi connectivity index (χ3n) is 4.05. The summed E-state index contributed by atoms with van der Waals surface area (Å²) >= 11 is 1.06. The van der Waals surface area contributed by atoms with Crippen molar-refractivity contribution in [3.8, 4) is 0 Å². The first-order valence-corrected chi connectivity index (χ1v) is 9.14. The Hall–Kier alpha value is -2.84. The van der Waals surface area contributed by atoms with Gasteiger partial charge < -0.3 is 14.7 Å². The summed E-state index contributed by atoms with van der Waals surface area (Å²) in [5.74, 6) is -1.05. The molecule has 2 aromatic rings. The van der Waals surface area contributed by atoms with E-state index in [9.17, 15) is 20.0 Å². The van der Waals surface area contributed by atoms with Crippen LogP contribution in [0.5, 0.6) is 0 Å². The Balaban J connectivity index is 1.74. The molecule has 140 valence electrons. The molecule has 1 fully saturated rings. The largest absolute Gasteiger partial charge is 0.477 e. The van der Waals surface area contributed by atoms with E-state index in [4.69, 9.17) is 4.74 Å². The summed E-state index contributed by atoms with van der Waals surface area (Å²) in [5.41, 5.74) is 1.83. The predicted molar refractivity (Wildman–Crippen MR) is 104 cm³/mol. The molecule has 3 rings (SSSR count). The molecule has 0 amide bonds. The topological polar surface area (TPSA) is 92.9 Å². The number of aliphatic carboxylic acids is 1. The normalized spacial score (nSPS) is 14.8. The van der Waals surface area contributed by atoms with Crippen molar-refractivity contribution >= 4 is 35.2 Å². The van der Waals surface area contributed by atoms with Gasteiger partial charge in [-0.15, -0.1) is 0 Å². The smallest absolute Gasteiger partial charge is 0.342 e. The molecule has 0 unspecified atom stereocenters. The fraction of sp³-hybridized carbons (Fsp3) is 0.211. The number of anilines is 1. The number of nitro benzene ring substituents is 1. The van der Waals surface area contributed by atoms with E-state index in [2.05, 4.69) is 4.90 Å². The number of rotatable bonds is 6. The van der Waals surface area contributed by atoms with Gasteiger partial charge in [-0.1, -0.05) is 23.9 Å². The molecule has 1 aliphatic heterocycles. The summed E-state index contributed by atoms with van der Waals surface area (Å²) in [4.78, 5) is 24.8. The van der Waals surface area contributed by atoms with E-state index in [-0.39, 0.29) is 10.6 Å². The van der Waals surface area contributed by atoms with Gasteiger partial charge in [0.1, 0.15) is 0 Å². The van der Waals surface area contributed by atoms with Gasteiger partial charge in [0.05, 0.1) is 23.0 Å². The Labute approximate surface area is 160 Å². The number of hydrogen-bond acceptors (Lipinski definition) is 6. The maximum atomic E-state index is 11.6. The van der Waals surface area contributed by atoms with Crippen LogP contribution in [0.3, 0.4) is 0 Å². The highest BCUT2D eigenvalue weighted by molar-refractivity contribution is 8.04.